The second kappa shape index (κ2) is 3.30. The van der Waals surface area contributed by atoms with Gasteiger partial charge in [0.1, 0.15) is 0 Å². The number of aliphatic hydroxyl groups is 1. The zero-order valence-electron chi connectivity index (χ0n) is 3.83. The Balaban J connectivity index is 3.15. The SMILES string of the molecule is C=NNC(O)N=C. The van der Waals surface area contributed by atoms with E-state index in [0.717, 1.165) is 0 Å². The molecule has 0 amide bonds. The molecule has 0 bridgehead atoms. The van der Waals surface area contributed by atoms with Gasteiger partial charge in [0.15, 0.2) is 0 Å². The Morgan fingerprint density at radius 2 is 2.14 bits per heavy atom. The molecule has 40 valence electrons. The van der Waals surface area contributed by atoms with Gasteiger partial charge >= 0.3 is 0 Å². The van der Waals surface area contributed by atoms with E-state index in [0.29, 0.717) is 0 Å². The number of hydrogen-bond donors (Lipinski definition) is 2. The van der Waals surface area contributed by atoms with E-state index in [1.165, 1.54) is 0 Å². The van der Waals surface area contributed by atoms with Gasteiger partial charge in [0, 0.05) is 6.72 Å². The van der Waals surface area contributed by atoms with E-state index in [4.69, 9.17) is 5.11 Å². The molecular weight excluding hydrogens is 94.1 g/mol. The molecule has 2 N–H and O–H groups in total. The van der Waals surface area contributed by atoms with Crippen LogP contribution in [0.1, 0.15) is 0 Å². The number of hydrogen-bond acceptors (Lipinski definition) is 4. The molecule has 0 aliphatic carbocycles. The highest BCUT2D eigenvalue weighted by Crippen LogP contribution is 1.71. The van der Waals surface area contributed by atoms with Crippen molar-refractivity contribution < 1.29 is 5.11 Å². The van der Waals surface area contributed by atoms with Crippen LogP contribution >= 0.6 is 0 Å². The highest BCUT2D eigenvalue weighted by molar-refractivity contribution is 5.24. The molecule has 0 rings (SSSR count). The maximum absolute atomic E-state index is 8.38. The fourth-order valence-electron chi connectivity index (χ4n) is 0.122. The number of nitrogens with zero attached hydrogens (tertiary/aromatic N) is 2. The smallest absolute Gasteiger partial charge is 0.237 e. The average Bonchev–Trinajstić information content (AvgIpc) is 1.68. The summed E-state index contributed by atoms with van der Waals surface area (Å²) in [6.07, 6.45) is -1.02. The van der Waals surface area contributed by atoms with E-state index in [1.54, 1.807) is 0 Å². The number of rotatable bonds is 3. The third-order valence-electron chi connectivity index (χ3n) is 0.380. The van der Waals surface area contributed by atoms with E-state index in [9.17, 15) is 0 Å². The molecule has 0 aromatic rings. The number of aliphatic imine (C=N–C) groups is 1. The molecule has 1 atom stereocenters. The molecule has 0 fully saturated rings. The van der Waals surface area contributed by atoms with Crippen LogP contribution < -0.4 is 5.43 Å². The minimum absolute atomic E-state index is 1.02. The maximum atomic E-state index is 8.38. The van der Waals surface area contributed by atoms with Crippen LogP contribution in [0, 0.1) is 0 Å². The van der Waals surface area contributed by atoms with Gasteiger partial charge in [0.05, 0.1) is 0 Å². The summed E-state index contributed by atoms with van der Waals surface area (Å²) in [6.45, 7) is 6.07. The molecule has 0 radical (unpaired) electrons. The third-order valence-corrected chi connectivity index (χ3v) is 0.380. The van der Waals surface area contributed by atoms with Crippen molar-refractivity contribution in [3.05, 3.63) is 0 Å². The molecule has 0 heterocycles. The van der Waals surface area contributed by atoms with E-state index in [-0.39, 0.29) is 0 Å². The number of nitrogens with one attached hydrogen (secondary N) is 1. The predicted molar refractivity (Wildman–Crippen MR) is 28.2 cm³/mol. The van der Waals surface area contributed by atoms with Crippen LogP contribution in [0.2, 0.25) is 0 Å². The second-order valence-corrected chi connectivity index (χ2v) is 0.843. The molecule has 0 saturated carbocycles. The lowest BCUT2D eigenvalue weighted by atomic mass is 11.0. The maximum Gasteiger partial charge on any atom is 0.237 e. The normalized spacial score (nSPS) is 12.1. The molecular formula is C3H7N3O. The lowest BCUT2D eigenvalue weighted by molar-refractivity contribution is 0.150. The Morgan fingerprint density at radius 1 is 1.57 bits per heavy atom. The third kappa shape index (κ3) is 2.92. The van der Waals surface area contributed by atoms with Gasteiger partial charge in [0.25, 0.3) is 0 Å². The van der Waals surface area contributed by atoms with E-state index in [2.05, 4.69) is 29.0 Å². The van der Waals surface area contributed by atoms with Crippen molar-refractivity contribution in [2.75, 3.05) is 0 Å². The van der Waals surface area contributed by atoms with Gasteiger partial charge in [-0.25, -0.2) is 4.99 Å². The van der Waals surface area contributed by atoms with Crippen molar-refractivity contribution >= 4 is 13.4 Å². The van der Waals surface area contributed by atoms with Gasteiger partial charge in [-0.3, -0.25) is 5.43 Å². The molecule has 1 unspecified atom stereocenters. The highest BCUT2D eigenvalue weighted by Gasteiger charge is 1.87. The molecule has 4 nitrogen and oxygen atoms in total. The van der Waals surface area contributed by atoms with Crippen molar-refractivity contribution in [3.8, 4) is 0 Å². The molecule has 0 aliphatic heterocycles. The van der Waals surface area contributed by atoms with Gasteiger partial charge < -0.3 is 5.11 Å². The first-order valence-corrected chi connectivity index (χ1v) is 1.66. The summed E-state index contributed by atoms with van der Waals surface area (Å²) in [5, 5.41) is 11.5. The van der Waals surface area contributed by atoms with Crippen molar-refractivity contribution in [2.45, 2.75) is 6.35 Å². The summed E-state index contributed by atoms with van der Waals surface area (Å²) < 4.78 is 0. The molecule has 4 heteroatoms. The van der Waals surface area contributed by atoms with Crippen LogP contribution in [-0.4, -0.2) is 24.9 Å². The molecule has 0 aromatic carbocycles. The van der Waals surface area contributed by atoms with Crippen molar-refractivity contribution in [1.29, 1.82) is 0 Å². The first kappa shape index (κ1) is 6.10. The van der Waals surface area contributed by atoms with Crippen LogP contribution in [0.4, 0.5) is 0 Å². The molecule has 0 spiro atoms. The van der Waals surface area contributed by atoms with Gasteiger partial charge in [0.2, 0.25) is 6.35 Å². The van der Waals surface area contributed by atoms with Gasteiger partial charge in [-0.1, -0.05) is 0 Å². The van der Waals surface area contributed by atoms with Crippen molar-refractivity contribution in [1.82, 2.24) is 5.43 Å². The van der Waals surface area contributed by atoms with E-state index < -0.39 is 6.35 Å². The summed E-state index contributed by atoms with van der Waals surface area (Å²) in [6, 6.07) is 0. The highest BCUT2D eigenvalue weighted by atomic mass is 16.3. The minimum Gasteiger partial charge on any atom is -0.354 e. The first-order valence-electron chi connectivity index (χ1n) is 1.66. The van der Waals surface area contributed by atoms with Gasteiger partial charge in [-0.05, 0) is 6.72 Å². The Morgan fingerprint density at radius 3 is 2.29 bits per heavy atom. The topological polar surface area (TPSA) is 57.0 Å². The zero-order chi connectivity index (χ0) is 5.70. The molecule has 0 aromatic heterocycles. The minimum atomic E-state index is -1.02. The van der Waals surface area contributed by atoms with Crippen LogP contribution in [0.25, 0.3) is 0 Å². The first-order chi connectivity index (χ1) is 3.31. The van der Waals surface area contributed by atoms with E-state index in [1.807, 2.05) is 0 Å². The lowest BCUT2D eigenvalue weighted by Gasteiger charge is -1.98. The van der Waals surface area contributed by atoms with Gasteiger partial charge in [-0.2, -0.15) is 5.10 Å². The van der Waals surface area contributed by atoms with Gasteiger partial charge in [-0.15, -0.1) is 0 Å². The zero-order valence-corrected chi connectivity index (χ0v) is 3.83. The lowest BCUT2D eigenvalue weighted by Crippen LogP contribution is -2.19. The fraction of sp³-hybridized carbons (Fsp3) is 0.333. The van der Waals surface area contributed by atoms with Crippen LogP contribution in [0.5, 0.6) is 0 Å². The fourth-order valence-corrected chi connectivity index (χ4v) is 0.122. The van der Waals surface area contributed by atoms with Crippen molar-refractivity contribution in [2.24, 2.45) is 10.1 Å². The summed E-state index contributed by atoms with van der Waals surface area (Å²) in [4.78, 5) is 3.14. The second-order valence-electron chi connectivity index (χ2n) is 0.843. The number of hydrazone groups is 1. The van der Waals surface area contributed by atoms with Crippen LogP contribution in [-0.2, 0) is 0 Å². The molecule has 0 aliphatic rings. The summed E-state index contributed by atoms with van der Waals surface area (Å²) in [5.41, 5.74) is 2.14. The standard InChI is InChI=1S/C3H7N3O/c1-4-3(7)6-5-2/h3,6-7H,1-2H2. The number of aliphatic hydroxyl groups excluding tert-OH is 1. The largest absolute Gasteiger partial charge is 0.354 e. The summed E-state index contributed by atoms with van der Waals surface area (Å²) in [7, 11) is 0. The quantitative estimate of drug-likeness (QED) is 0.277. The van der Waals surface area contributed by atoms with E-state index >= 15 is 0 Å². The Kier molecular flexibility index (Phi) is 2.87. The van der Waals surface area contributed by atoms with Crippen molar-refractivity contribution in [3.63, 3.8) is 0 Å². The molecule has 0 saturated heterocycles. The van der Waals surface area contributed by atoms with Crippen LogP contribution in [0.15, 0.2) is 10.1 Å². The Labute approximate surface area is 41.6 Å². The monoisotopic (exact) mass is 101 g/mol. The summed E-state index contributed by atoms with van der Waals surface area (Å²) in [5.74, 6) is 0. The predicted octanol–water partition coefficient (Wildman–Crippen LogP) is -0.832. The molecule has 7 heavy (non-hydrogen) atoms. The Hall–Kier alpha value is -0.900. The van der Waals surface area contributed by atoms with Crippen LogP contribution in [0.3, 0.4) is 0 Å². The average molecular weight is 101 g/mol. The Bertz CT molecular complexity index is 72.6. The summed E-state index contributed by atoms with van der Waals surface area (Å²) >= 11 is 0.